The molecule has 0 saturated heterocycles. The number of aryl methyl sites for hydroxylation is 2. The topological polar surface area (TPSA) is 63.4 Å². The molecule has 0 fully saturated rings. The zero-order valence-corrected chi connectivity index (χ0v) is 12.0. The van der Waals surface area contributed by atoms with Crippen molar-refractivity contribution in [2.45, 2.75) is 32.3 Å². The molecule has 0 saturated carbocycles. The van der Waals surface area contributed by atoms with Crippen molar-refractivity contribution < 1.29 is 10.0 Å². The average molecular weight is 285 g/mol. The highest BCUT2D eigenvalue weighted by atomic mass is 16.6. The summed E-state index contributed by atoms with van der Waals surface area (Å²) >= 11 is 0. The van der Waals surface area contributed by atoms with Crippen molar-refractivity contribution in [2.24, 2.45) is 0 Å². The molecular weight excluding hydrogens is 266 g/mol. The molecule has 110 valence electrons. The molecule has 1 N–H and O–H groups in total. The molecule has 0 heterocycles. The van der Waals surface area contributed by atoms with E-state index in [1.807, 2.05) is 25.1 Å². The third-order valence-electron chi connectivity index (χ3n) is 3.49. The minimum absolute atomic E-state index is 0.0760. The van der Waals surface area contributed by atoms with Gasteiger partial charge in [-0.05, 0) is 25.3 Å². The highest BCUT2D eigenvalue weighted by molar-refractivity contribution is 5.40. The Hall–Kier alpha value is -2.20. The molecule has 1 unspecified atom stereocenters. The Morgan fingerprint density at radius 2 is 1.95 bits per heavy atom. The van der Waals surface area contributed by atoms with Crippen molar-refractivity contribution in [3.05, 3.63) is 75.3 Å². The lowest BCUT2D eigenvalue weighted by Gasteiger charge is -2.11. The summed E-state index contributed by atoms with van der Waals surface area (Å²) in [5, 5.41) is 21.1. The lowest BCUT2D eigenvalue weighted by atomic mass is 9.99. The first kappa shape index (κ1) is 15.2. The first-order valence-corrected chi connectivity index (χ1v) is 7.02. The van der Waals surface area contributed by atoms with E-state index in [0.29, 0.717) is 18.4 Å². The molecule has 2 rings (SSSR count). The SMILES string of the molecule is Cc1cccc(CCC(O)Cc2ccccc2[N+](=O)[O-])c1. The van der Waals surface area contributed by atoms with E-state index in [9.17, 15) is 15.2 Å². The second-order valence-electron chi connectivity index (χ2n) is 5.27. The van der Waals surface area contributed by atoms with E-state index < -0.39 is 11.0 Å². The molecule has 2 aromatic rings. The van der Waals surface area contributed by atoms with E-state index in [1.165, 1.54) is 17.2 Å². The van der Waals surface area contributed by atoms with E-state index in [4.69, 9.17) is 0 Å². The molecule has 0 aliphatic carbocycles. The molecule has 4 heteroatoms. The van der Waals surface area contributed by atoms with Gasteiger partial charge in [0.1, 0.15) is 0 Å². The zero-order chi connectivity index (χ0) is 15.2. The van der Waals surface area contributed by atoms with Crippen LogP contribution in [0.1, 0.15) is 23.1 Å². The average Bonchev–Trinajstić information content (AvgIpc) is 2.45. The van der Waals surface area contributed by atoms with Gasteiger partial charge in [-0.25, -0.2) is 0 Å². The van der Waals surface area contributed by atoms with Crippen molar-refractivity contribution in [3.8, 4) is 0 Å². The van der Waals surface area contributed by atoms with Crippen LogP contribution in [0.2, 0.25) is 0 Å². The van der Waals surface area contributed by atoms with Gasteiger partial charge in [0.25, 0.3) is 5.69 Å². The summed E-state index contributed by atoms with van der Waals surface area (Å²) in [6.07, 6.45) is 1.09. The molecule has 0 spiro atoms. The molecule has 0 aliphatic heterocycles. The summed E-state index contributed by atoms with van der Waals surface area (Å²) in [5.41, 5.74) is 3.03. The fourth-order valence-electron chi connectivity index (χ4n) is 2.42. The minimum Gasteiger partial charge on any atom is -0.393 e. The quantitative estimate of drug-likeness (QED) is 0.653. The zero-order valence-electron chi connectivity index (χ0n) is 12.0. The van der Waals surface area contributed by atoms with Gasteiger partial charge in [0.15, 0.2) is 0 Å². The molecule has 0 amide bonds. The standard InChI is InChI=1S/C17H19NO3/c1-13-5-4-6-14(11-13)9-10-16(19)12-15-7-2-3-8-17(15)18(20)21/h2-8,11,16,19H,9-10,12H2,1H3. The number of nitro benzene ring substituents is 1. The molecule has 1 atom stereocenters. The van der Waals surface area contributed by atoms with Gasteiger partial charge in [0.2, 0.25) is 0 Å². The first-order chi connectivity index (χ1) is 10.1. The van der Waals surface area contributed by atoms with Crippen LogP contribution in [-0.2, 0) is 12.8 Å². The monoisotopic (exact) mass is 285 g/mol. The molecule has 0 bridgehead atoms. The molecule has 2 aromatic carbocycles. The number of hydrogen-bond donors (Lipinski definition) is 1. The van der Waals surface area contributed by atoms with E-state index in [0.717, 1.165) is 6.42 Å². The molecule has 21 heavy (non-hydrogen) atoms. The summed E-state index contributed by atoms with van der Waals surface area (Å²) in [4.78, 5) is 10.5. The Morgan fingerprint density at radius 1 is 1.19 bits per heavy atom. The lowest BCUT2D eigenvalue weighted by Crippen LogP contribution is -2.12. The third kappa shape index (κ3) is 4.39. The van der Waals surface area contributed by atoms with Gasteiger partial charge < -0.3 is 5.11 Å². The Bertz CT molecular complexity index is 625. The number of para-hydroxylation sites is 1. The second kappa shape index (κ2) is 6.99. The van der Waals surface area contributed by atoms with Crippen LogP contribution >= 0.6 is 0 Å². The smallest absolute Gasteiger partial charge is 0.272 e. The van der Waals surface area contributed by atoms with Crippen molar-refractivity contribution in [2.75, 3.05) is 0 Å². The summed E-state index contributed by atoms with van der Waals surface area (Å²) in [7, 11) is 0. The highest BCUT2D eigenvalue weighted by Gasteiger charge is 2.15. The highest BCUT2D eigenvalue weighted by Crippen LogP contribution is 2.20. The largest absolute Gasteiger partial charge is 0.393 e. The van der Waals surface area contributed by atoms with E-state index >= 15 is 0 Å². The molecule has 0 radical (unpaired) electrons. The summed E-state index contributed by atoms with van der Waals surface area (Å²) < 4.78 is 0. The summed E-state index contributed by atoms with van der Waals surface area (Å²) in [5.74, 6) is 0. The maximum Gasteiger partial charge on any atom is 0.272 e. The minimum atomic E-state index is -0.577. The van der Waals surface area contributed by atoms with Crippen LogP contribution in [0.5, 0.6) is 0 Å². The number of benzene rings is 2. The van der Waals surface area contributed by atoms with Gasteiger partial charge in [0, 0.05) is 18.1 Å². The number of aliphatic hydroxyl groups is 1. The van der Waals surface area contributed by atoms with Crippen LogP contribution in [0.15, 0.2) is 48.5 Å². The van der Waals surface area contributed by atoms with Crippen molar-refractivity contribution in [1.82, 2.24) is 0 Å². The molecule has 0 aromatic heterocycles. The van der Waals surface area contributed by atoms with Crippen molar-refractivity contribution >= 4 is 5.69 Å². The van der Waals surface area contributed by atoms with Crippen molar-refractivity contribution in [3.63, 3.8) is 0 Å². The van der Waals surface area contributed by atoms with Crippen LogP contribution < -0.4 is 0 Å². The Balaban J connectivity index is 1.96. The predicted molar refractivity (Wildman–Crippen MR) is 82.3 cm³/mol. The molecule has 0 aliphatic rings. The number of aliphatic hydroxyl groups excluding tert-OH is 1. The summed E-state index contributed by atoms with van der Waals surface area (Å²) in [6, 6.07) is 14.7. The van der Waals surface area contributed by atoms with Gasteiger partial charge in [-0.15, -0.1) is 0 Å². The van der Waals surface area contributed by atoms with Gasteiger partial charge in [-0.2, -0.15) is 0 Å². The lowest BCUT2D eigenvalue weighted by molar-refractivity contribution is -0.385. The maximum atomic E-state index is 10.9. The van der Waals surface area contributed by atoms with Crippen LogP contribution in [0.4, 0.5) is 5.69 Å². The number of hydrogen-bond acceptors (Lipinski definition) is 3. The Kier molecular flexibility index (Phi) is 5.06. The van der Waals surface area contributed by atoms with E-state index in [2.05, 4.69) is 6.07 Å². The predicted octanol–water partition coefficient (Wildman–Crippen LogP) is 3.44. The fourth-order valence-corrected chi connectivity index (χ4v) is 2.42. The van der Waals surface area contributed by atoms with Crippen LogP contribution in [-0.4, -0.2) is 16.1 Å². The Morgan fingerprint density at radius 3 is 2.67 bits per heavy atom. The second-order valence-corrected chi connectivity index (χ2v) is 5.27. The molecular formula is C17H19NO3. The van der Waals surface area contributed by atoms with E-state index in [1.54, 1.807) is 18.2 Å². The van der Waals surface area contributed by atoms with Gasteiger partial charge >= 0.3 is 0 Å². The van der Waals surface area contributed by atoms with Crippen LogP contribution in [0, 0.1) is 17.0 Å². The number of nitrogens with zero attached hydrogens (tertiary/aromatic N) is 1. The van der Waals surface area contributed by atoms with Gasteiger partial charge in [-0.3, -0.25) is 10.1 Å². The fraction of sp³-hybridized carbons (Fsp3) is 0.294. The van der Waals surface area contributed by atoms with Gasteiger partial charge in [-0.1, -0.05) is 48.0 Å². The van der Waals surface area contributed by atoms with Crippen LogP contribution in [0.25, 0.3) is 0 Å². The van der Waals surface area contributed by atoms with E-state index in [-0.39, 0.29) is 5.69 Å². The Labute approximate surface area is 124 Å². The first-order valence-electron chi connectivity index (χ1n) is 7.02. The summed E-state index contributed by atoms with van der Waals surface area (Å²) in [6.45, 7) is 2.03. The maximum absolute atomic E-state index is 10.9. The third-order valence-corrected chi connectivity index (χ3v) is 3.49. The van der Waals surface area contributed by atoms with Crippen LogP contribution in [0.3, 0.4) is 0 Å². The van der Waals surface area contributed by atoms with Gasteiger partial charge in [0.05, 0.1) is 11.0 Å². The number of rotatable bonds is 6. The molecule has 4 nitrogen and oxygen atoms in total. The number of nitro groups is 1. The van der Waals surface area contributed by atoms with Crippen molar-refractivity contribution in [1.29, 1.82) is 0 Å². The normalized spacial score (nSPS) is 12.1.